The number of anilines is 1. The summed E-state index contributed by atoms with van der Waals surface area (Å²) in [5, 5.41) is 13.4. The highest BCUT2D eigenvalue weighted by molar-refractivity contribution is 6.07. The van der Waals surface area contributed by atoms with Gasteiger partial charge >= 0.3 is 0 Å². The molecule has 0 unspecified atom stereocenters. The molecule has 0 aliphatic rings. The predicted molar refractivity (Wildman–Crippen MR) is 70.0 cm³/mol. The van der Waals surface area contributed by atoms with Crippen LogP contribution in [-0.2, 0) is 0 Å². The van der Waals surface area contributed by atoms with Crippen LogP contribution >= 0.6 is 0 Å². The predicted octanol–water partition coefficient (Wildman–Crippen LogP) is 2.69. The van der Waals surface area contributed by atoms with Crippen molar-refractivity contribution in [2.24, 2.45) is 0 Å². The average molecular weight is 275 g/mol. The van der Waals surface area contributed by atoms with Gasteiger partial charge in [0.15, 0.2) is 0 Å². The number of pyridine rings is 1. The van der Waals surface area contributed by atoms with Crippen LogP contribution in [0.4, 0.5) is 15.8 Å². The van der Waals surface area contributed by atoms with Crippen molar-refractivity contribution in [1.82, 2.24) is 4.98 Å². The minimum atomic E-state index is -0.798. The number of nitrogens with zero attached hydrogens (tertiary/aromatic N) is 2. The maximum atomic E-state index is 13.0. The first-order chi connectivity index (χ1) is 9.49. The van der Waals surface area contributed by atoms with Gasteiger partial charge in [-0.2, -0.15) is 0 Å². The van der Waals surface area contributed by atoms with Gasteiger partial charge in [0.2, 0.25) is 0 Å². The lowest BCUT2D eigenvalue weighted by atomic mass is 10.1. The Morgan fingerprint density at radius 2 is 2.15 bits per heavy atom. The van der Waals surface area contributed by atoms with E-state index in [0.29, 0.717) is 17.4 Å². The zero-order valence-electron chi connectivity index (χ0n) is 10.5. The molecule has 1 heterocycles. The minimum absolute atomic E-state index is 0.209. The molecule has 102 valence electrons. The van der Waals surface area contributed by atoms with Crippen LogP contribution in [0.25, 0.3) is 0 Å². The van der Waals surface area contributed by atoms with Crippen LogP contribution in [0.3, 0.4) is 0 Å². The second-order valence-corrected chi connectivity index (χ2v) is 4.01. The fourth-order valence-electron chi connectivity index (χ4n) is 1.65. The molecular formula is C13H10FN3O3. The van der Waals surface area contributed by atoms with E-state index in [1.807, 2.05) is 0 Å². The van der Waals surface area contributed by atoms with Crippen molar-refractivity contribution in [3.8, 4) is 0 Å². The molecule has 0 bridgehead atoms. The Bertz CT molecular complexity index is 688. The normalized spacial score (nSPS) is 10.1. The van der Waals surface area contributed by atoms with Crippen LogP contribution in [0.5, 0.6) is 0 Å². The zero-order chi connectivity index (χ0) is 14.7. The van der Waals surface area contributed by atoms with E-state index in [-0.39, 0.29) is 5.56 Å². The van der Waals surface area contributed by atoms with Gasteiger partial charge in [0.05, 0.1) is 22.4 Å². The number of halogens is 1. The number of aromatic nitrogens is 1. The van der Waals surface area contributed by atoms with Crippen molar-refractivity contribution in [1.29, 1.82) is 0 Å². The van der Waals surface area contributed by atoms with E-state index in [1.54, 1.807) is 25.3 Å². The zero-order valence-corrected chi connectivity index (χ0v) is 10.5. The molecule has 6 nitrogen and oxygen atoms in total. The smallest absolute Gasteiger partial charge is 0.285 e. The summed E-state index contributed by atoms with van der Waals surface area (Å²) in [6.45, 7) is 1.69. The maximum absolute atomic E-state index is 13.0. The molecule has 2 rings (SSSR count). The highest BCUT2D eigenvalue weighted by Crippen LogP contribution is 2.21. The van der Waals surface area contributed by atoms with Gasteiger partial charge in [0, 0.05) is 6.20 Å². The molecule has 1 amide bonds. The van der Waals surface area contributed by atoms with E-state index in [9.17, 15) is 19.3 Å². The van der Waals surface area contributed by atoms with Gasteiger partial charge in [0.25, 0.3) is 11.6 Å². The topological polar surface area (TPSA) is 85.1 Å². The van der Waals surface area contributed by atoms with Crippen molar-refractivity contribution in [2.75, 3.05) is 5.32 Å². The molecule has 0 saturated heterocycles. The Hall–Kier alpha value is -2.83. The van der Waals surface area contributed by atoms with Crippen LogP contribution < -0.4 is 5.32 Å². The summed E-state index contributed by atoms with van der Waals surface area (Å²) in [4.78, 5) is 26.1. The summed E-state index contributed by atoms with van der Waals surface area (Å²) >= 11 is 0. The largest absolute Gasteiger partial charge is 0.320 e. The Morgan fingerprint density at radius 1 is 1.40 bits per heavy atom. The molecule has 0 atom stereocenters. The SMILES string of the molecule is Cc1ncccc1NC(=O)c1ccc(F)cc1[N+](=O)[O-]. The van der Waals surface area contributed by atoms with Gasteiger partial charge in [-0.3, -0.25) is 19.9 Å². The first-order valence-electron chi connectivity index (χ1n) is 5.66. The van der Waals surface area contributed by atoms with E-state index < -0.39 is 22.3 Å². The number of rotatable bonds is 3. The molecule has 0 aliphatic carbocycles. The van der Waals surface area contributed by atoms with E-state index in [1.165, 1.54) is 0 Å². The number of amides is 1. The second-order valence-electron chi connectivity index (χ2n) is 4.01. The molecule has 0 saturated carbocycles. The van der Waals surface area contributed by atoms with Gasteiger partial charge in [-0.25, -0.2) is 4.39 Å². The number of carbonyl (C=O) groups is 1. The standard InChI is InChI=1S/C13H10FN3O3/c1-8-11(3-2-6-15-8)16-13(18)10-5-4-9(14)7-12(10)17(19)20/h2-7H,1H3,(H,16,18). The van der Waals surface area contributed by atoms with Crippen LogP contribution in [0, 0.1) is 22.9 Å². The van der Waals surface area contributed by atoms with Crippen molar-refractivity contribution >= 4 is 17.3 Å². The Balaban J connectivity index is 2.35. The Labute approximate surface area is 113 Å². The molecule has 7 heteroatoms. The number of hydrogen-bond acceptors (Lipinski definition) is 4. The van der Waals surface area contributed by atoms with Crippen LogP contribution in [0.15, 0.2) is 36.5 Å². The first-order valence-corrected chi connectivity index (χ1v) is 5.66. The quantitative estimate of drug-likeness (QED) is 0.689. The average Bonchev–Trinajstić information content (AvgIpc) is 2.41. The molecule has 1 aromatic heterocycles. The first kappa shape index (κ1) is 13.6. The lowest BCUT2D eigenvalue weighted by molar-refractivity contribution is -0.385. The van der Waals surface area contributed by atoms with E-state index >= 15 is 0 Å². The van der Waals surface area contributed by atoms with Gasteiger partial charge in [-0.15, -0.1) is 0 Å². The van der Waals surface area contributed by atoms with Crippen molar-refractivity contribution in [2.45, 2.75) is 6.92 Å². The fraction of sp³-hybridized carbons (Fsp3) is 0.0769. The summed E-state index contributed by atoms with van der Waals surface area (Å²) in [7, 11) is 0. The lowest BCUT2D eigenvalue weighted by Crippen LogP contribution is -2.15. The number of hydrogen-bond donors (Lipinski definition) is 1. The molecule has 20 heavy (non-hydrogen) atoms. The lowest BCUT2D eigenvalue weighted by Gasteiger charge is -2.07. The van der Waals surface area contributed by atoms with Crippen LogP contribution in [0.1, 0.15) is 16.1 Å². The molecule has 0 radical (unpaired) electrons. The molecule has 0 fully saturated rings. The van der Waals surface area contributed by atoms with E-state index in [2.05, 4.69) is 10.3 Å². The minimum Gasteiger partial charge on any atom is -0.320 e. The summed E-state index contributed by atoms with van der Waals surface area (Å²) in [6, 6.07) is 6.04. The Morgan fingerprint density at radius 3 is 2.80 bits per heavy atom. The second kappa shape index (κ2) is 5.43. The van der Waals surface area contributed by atoms with Gasteiger partial charge in [-0.1, -0.05) is 0 Å². The number of nitro groups is 1. The third-order valence-corrected chi connectivity index (χ3v) is 2.66. The summed E-state index contributed by atoms with van der Waals surface area (Å²) < 4.78 is 13.0. The van der Waals surface area contributed by atoms with Gasteiger partial charge in [0.1, 0.15) is 11.4 Å². The fourth-order valence-corrected chi connectivity index (χ4v) is 1.65. The van der Waals surface area contributed by atoms with Crippen molar-refractivity contribution in [3.63, 3.8) is 0 Å². The monoisotopic (exact) mass is 275 g/mol. The van der Waals surface area contributed by atoms with Crippen LogP contribution in [-0.4, -0.2) is 15.8 Å². The number of nitrogens with one attached hydrogen (secondary N) is 1. The summed E-state index contributed by atoms with van der Waals surface area (Å²) in [5.41, 5.74) is 0.227. The molecule has 0 spiro atoms. The number of benzene rings is 1. The molecule has 1 aromatic carbocycles. The number of nitro benzene ring substituents is 1. The highest BCUT2D eigenvalue weighted by Gasteiger charge is 2.21. The number of carbonyl (C=O) groups excluding carboxylic acids is 1. The third-order valence-electron chi connectivity index (χ3n) is 2.66. The summed E-state index contributed by atoms with van der Waals surface area (Å²) in [6.07, 6.45) is 1.56. The highest BCUT2D eigenvalue weighted by atomic mass is 19.1. The number of aryl methyl sites for hydroxylation is 1. The van der Waals surface area contributed by atoms with Gasteiger partial charge in [-0.05, 0) is 31.2 Å². The molecular weight excluding hydrogens is 265 g/mol. The Kier molecular flexibility index (Phi) is 3.69. The third kappa shape index (κ3) is 2.77. The van der Waals surface area contributed by atoms with E-state index in [0.717, 1.165) is 12.1 Å². The maximum Gasteiger partial charge on any atom is 0.285 e. The van der Waals surface area contributed by atoms with E-state index in [4.69, 9.17) is 0 Å². The van der Waals surface area contributed by atoms with Crippen molar-refractivity contribution in [3.05, 3.63) is 63.7 Å². The summed E-state index contributed by atoms with van der Waals surface area (Å²) in [5.74, 6) is -1.46. The molecule has 2 aromatic rings. The van der Waals surface area contributed by atoms with Crippen molar-refractivity contribution < 1.29 is 14.1 Å². The molecule has 0 aliphatic heterocycles. The van der Waals surface area contributed by atoms with Crippen LogP contribution in [0.2, 0.25) is 0 Å². The molecule has 1 N–H and O–H groups in total. The van der Waals surface area contributed by atoms with Gasteiger partial charge < -0.3 is 5.32 Å².